The Hall–Kier alpha value is -1.31. The van der Waals surface area contributed by atoms with Gasteiger partial charge in [0.25, 0.3) is 5.91 Å². The van der Waals surface area contributed by atoms with Gasteiger partial charge in [0, 0.05) is 20.1 Å². The van der Waals surface area contributed by atoms with Gasteiger partial charge in [0.05, 0.1) is 6.54 Å². The summed E-state index contributed by atoms with van der Waals surface area (Å²) in [5.41, 5.74) is 2.05. The van der Waals surface area contributed by atoms with Gasteiger partial charge in [-0.1, -0.05) is 0 Å². The number of hydrogen-bond acceptors (Lipinski definition) is 3. The highest BCUT2D eigenvalue weighted by atomic mass is 19.4. The molecule has 1 unspecified atom stereocenters. The SMILES string of the molecule is CN1CCN(C(=O)C(C)(N)C(F)(F)F)CC1=O. The van der Waals surface area contributed by atoms with Crippen LogP contribution in [0.2, 0.25) is 0 Å². The molecule has 0 spiro atoms. The summed E-state index contributed by atoms with van der Waals surface area (Å²) in [6.07, 6.45) is -4.84. The Balaban J connectivity index is 2.81. The van der Waals surface area contributed by atoms with Gasteiger partial charge in [0.1, 0.15) is 0 Å². The fraction of sp³-hybridized carbons (Fsp3) is 0.778. The minimum Gasteiger partial charge on any atom is -0.342 e. The van der Waals surface area contributed by atoms with Crippen LogP contribution >= 0.6 is 0 Å². The Labute approximate surface area is 96.3 Å². The van der Waals surface area contributed by atoms with Crippen molar-refractivity contribution in [3.8, 4) is 0 Å². The molecule has 1 aliphatic rings. The van der Waals surface area contributed by atoms with Crippen molar-refractivity contribution in [2.75, 3.05) is 26.7 Å². The number of carbonyl (C=O) groups is 2. The van der Waals surface area contributed by atoms with E-state index in [1.807, 2.05) is 0 Å². The van der Waals surface area contributed by atoms with E-state index in [9.17, 15) is 22.8 Å². The van der Waals surface area contributed by atoms with Crippen LogP contribution in [0, 0.1) is 0 Å². The Morgan fingerprint density at radius 2 is 1.88 bits per heavy atom. The molecule has 1 saturated heterocycles. The van der Waals surface area contributed by atoms with Crippen LogP contribution in [0.4, 0.5) is 13.2 Å². The number of hydrogen-bond donors (Lipinski definition) is 1. The summed E-state index contributed by atoms with van der Waals surface area (Å²) in [7, 11) is 1.52. The highest BCUT2D eigenvalue weighted by molar-refractivity contribution is 5.91. The molecule has 1 rings (SSSR count). The number of alkyl halides is 3. The monoisotopic (exact) mass is 253 g/mol. The van der Waals surface area contributed by atoms with Crippen LogP contribution in [0.5, 0.6) is 0 Å². The first kappa shape index (κ1) is 13.8. The van der Waals surface area contributed by atoms with Gasteiger partial charge >= 0.3 is 6.18 Å². The normalized spacial score (nSPS) is 21.4. The maximum Gasteiger partial charge on any atom is 0.415 e. The molecule has 1 heterocycles. The smallest absolute Gasteiger partial charge is 0.342 e. The third-order valence-corrected chi connectivity index (χ3v) is 2.78. The fourth-order valence-corrected chi connectivity index (χ4v) is 1.38. The van der Waals surface area contributed by atoms with Crippen LogP contribution in [0.25, 0.3) is 0 Å². The van der Waals surface area contributed by atoms with E-state index in [1.165, 1.54) is 11.9 Å². The van der Waals surface area contributed by atoms with Crippen molar-refractivity contribution in [3.05, 3.63) is 0 Å². The highest BCUT2D eigenvalue weighted by Gasteiger charge is 2.55. The number of amides is 2. The molecule has 0 aromatic carbocycles. The molecule has 0 saturated carbocycles. The molecule has 1 fully saturated rings. The molecule has 1 aliphatic heterocycles. The molecule has 17 heavy (non-hydrogen) atoms. The van der Waals surface area contributed by atoms with Gasteiger partial charge in [-0.3, -0.25) is 9.59 Å². The first-order valence-electron chi connectivity index (χ1n) is 4.96. The molecule has 1 atom stereocenters. The molecule has 0 bridgehead atoms. The first-order valence-corrected chi connectivity index (χ1v) is 4.96. The van der Waals surface area contributed by atoms with Gasteiger partial charge in [-0.2, -0.15) is 13.2 Å². The van der Waals surface area contributed by atoms with E-state index in [2.05, 4.69) is 0 Å². The van der Waals surface area contributed by atoms with E-state index >= 15 is 0 Å². The minimum atomic E-state index is -4.84. The van der Waals surface area contributed by atoms with Gasteiger partial charge in [0.15, 0.2) is 5.54 Å². The van der Waals surface area contributed by atoms with Gasteiger partial charge < -0.3 is 15.5 Å². The number of carbonyl (C=O) groups excluding carboxylic acids is 2. The number of rotatable bonds is 1. The first-order chi connectivity index (χ1) is 7.57. The van der Waals surface area contributed by atoms with E-state index in [-0.39, 0.29) is 19.6 Å². The van der Waals surface area contributed by atoms with E-state index < -0.39 is 23.5 Å². The Kier molecular flexibility index (Phi) is 3.37. The summed E-state index contributed by atoms with van der Waals surface area (Å²) in [5.74, 6) is -1.67. The lowest BCUT2D eigenvalue weighted by Gasteiger charge is -2.37. The van der Waals surface area contributed by atoms with Gasteiger partial charge in [-0.25, -0.2) is 0 Å². The Bertz CT molecular complexity index is 341. The Morgan fingerprint density at radius 3 is 2.29 bits per heavy atom. The van der Waals surface area contributed by atoms with Crippen molar-refractivity contribution in [2.45, 2.75) is 18.6 Å². The van der Waals surface area contributed by atoms with Crippen molar-refractivity contribution in [3.63, 3.8) is 0 Å². The molecule has 0 aromatic heterocycles. The zero-order valence-electron chi connectivity index (χ0n) is 9.54. The number of nitrogens with zero attached hydrogens (tertiary/aromatic N) is 2. The van der Waals surface area contributed by atoms with Crippen molar-refractivity contribution < 1.29 is 22.8 Å². The Morgan fingerprint density at radius 1 is 1.35 bits per heavy atom. The lowest BCUT2D eigenvalue weighted by atomic mass is 10.0. The third-order valence-electron chi connectivity index (χ3n) is 2.78. The van der Waals surface area contributed by atoms with Gasteiger partial charge in [-0.05, 0) is 6.92 Å². The summed E-state index contributed by atoms with van der Waals surface area (Å²) in [6.45, 7) is 0.513. The van der Waals surface area contributed by atoms with Crippen molar-refractivity contribution in [2.24, 2.45) is 5.73 Å². The molecular weight excluding hydrogens is 239 g/mol. The number of halogens is 3. The predicted octanol–water partition coefficient (Wildman–Crippen LogP) is -0.433. The minimum absolute atomic E-state index is 0.0595. The van der Waals surface area contributed by atoms with Gasteiger partial charge in [0.2, 0.25) is 5.91 Å². The van der Waals surface area contributed by atoms with Crippen molar-refractivity contribution >= 4 is 11.8 Å². The summed E-state index contributed by atoms with van der Waals surface area (Å²) in [5, 5.41) is 0. The summed E-state index contributed by atoms with van der Waals surface area (Å²) < 4.78 is 37.6. The largest absolute Gasteiger partial charge is 0.415 e. The number of likely N-dealkylation sites (N-methyl/N-ethyl adjacent to an activating group) is 1. The van der Waals surface area contributed by atoms with E-state index in [0.717, 1.165) is 4.90 Å². The van der Waals surface area contributed by atoms with E-state index in [4.69, 9.17) is 5.73 Å². The standard InChI is InChI=1S/C9H14F3N3O2/c1-8(13,9(10,11)12)7(17)15-4-3-14(2)6(16)5-15/h3-5,13H2,1-2H3. The van der Waals surface area contributed by atoms with E-state index in [0.29, 0.717) is 6.92 Å². The summed E-state index contributed by atoms with van der Waals surface area (Å²) in [4.78, 5) is 25.1. The quantitative estimate of drug-likeness (QED) is 0.689. The fourth-order valence-electron chi connectivity index (χ4n) is 1.38. The van der Waals surface area contributed by atoms with Crippen LogP contribution in [0.3, 0.4) is 0 Å². The molecule has 2 amide bonds. The van der Waals surface area contributed by atoms with Crippen LogP contribution in [0.15, 0.2) is 0 Å². The molecule has 0 aromatic rings. The average molecular weight is 253 g/mol. The molecule has 0 aliphatic carbocycles. The maximum atomic E-state index is 12.5. The second kappa shape index (κ2) is 4.17. The topological polar surface area (TPSA) is 66.6 Å². The number of piperazine rings is 1. The number of nitrogens with two attached hydrogens (primary N) is 1. The second-order valence-electron chi connectivity index (χ2n) is 4.24. The molecule has 2 N–H and O–H groups in total. The lowest BCUT2D eigenvalue weighted by Crippen LogP contribution is -2.65. The molecule has 98 valence electrons. The lowest BCUT2D eigenvalue weighted by molar-refractivity contribution is -0.195. The van der Waals surface area contributed by atoms with Crippen LogP contribution in [-0.2, 0) is 9.59 Å². The van der Waals surface area contributed by atoms with Crippen LogP contribution in [0.1, 0.15) is 6.92 Å². The van der Waals surface area contributed by atoms with E-state index in [1.54, 1.807) is 0 Å². The highest BCUT2D eigenvalue weighted by Crippen LogP contribution is 2.29. The molecule has 5 nitrogen and oxygen atoms in total. The third kappa shape index (κ3) is 2.51. The summed E-state index contributed by atoms with van der Waals surface area (Å²) >= 11 is 0. The van der Waals surface area contributed by atoms with Gasteiger partial charge in [-0.15, -0.1) is 0 Å². The van der Waals surface area contributed by atoms with Crippen molar-refractivity contribution in [1.29, 1.82) is 0 Å². The maximum absolute atomic E-state index is 12.5. The summed E-state index contributed by atoms with van der Waals surface area (Å²) in [6, 6.07) is 0. The molecule has 8 heteroatoms. The molecule has 0 radical (unpaired) electrons. The molecular formula is C9H14F3N3O2. The zero-order valence-corrected chi connectivity index (χ0v) is 9.54. The van der Waals surface area contributed by atoms with Crippen molar-refractivity contribution in [1.82, 2.24) is 9.80 Å². The zero-order chi connectivity index (χ0) is 13.4. The second-order valence-corrected chi connectivity index (χ2v) is 4.24. The van der Waals surface area contributed by atoms with Crippen LogP contribution in [-0.4, -0.2) is 60.0 Å². The average Bonchev–Trinajstić information content (AvgIpc) is 2.19. The van der Waals surface area contributed by atoms with Crippen LogP contribution < -0.4 is 5.73 Å². The predicted molar refractivity (Wildman–Crippen MR) is 52.9 cm³/mol.